The third-order valence-electron chi connectivity index (χ3n) is 3.68. The van der Waals surface area contributed by atoms with Gasteiger partial charge in [-0.15, -0.1) is 5.10 Å². The third-order valence-corrected chi connectivity index (χ3v) is 5.84. The van der Waals surface area contributed by atoms with Crippen LogP contribution in [0.2, 0.25) is 0 Å². The summed E-state index contributed by atoms with van der Waals surface area (Å²) in [7, 11) is 0. The first-order chi connectivity index (χ1) is 13.0. The van der Waals surface area contributed by atoms with E-state index in [2.05, 4.69) is 20.5 Å². The highest BCUT2D eigenvalue weighted by Gasteiger charge is 2.12. The number of benzene rings is 1. The number of hydrogen-bond donors (Lipinski definition) is 2. The Balaban J connectivity index is 1.89. The Morgan fingerprint density at radius 1 is 1.33 bits per heavy atom. The number of aryl methyl sites for hydroxylation is 1. The number of nitrogens with one attached hydrogen (secondary N) is 1. The van der Waals surface area contributed by atoms with Gasteiger partial charge in [0.15, 0.2) is 5.78 Å². The topological polar surface area (TPSA) is 91.9 Å². The molecule has 3 rings (SSSR count). The number of aromatic hydroxyl groups is 1. The van der Waals surface area contributed by atoms with Gasteiger partial charge in [-0.3, -0.25) is 14.4 Å². The van der Waals surface area contributed by atoms with Crippen molar-refractivity contribution in [2.45, 2.75) is 27.3 Å². The molecule has 0 bridgehead atoms. The number of carbonyl (C=O) groups excluding carboxylic acids is 1. The SMILES string of the molecule is CCn1c(O)c(C=Nc2ccccc2)s/c1=N\Nc1nc(C)c(C(C)=O)s1. The zero-order valence-corrected chi connectivity index (χ0v) is 16.8. The Hall–Kier alpha value is -2.78. The molecule has 1 aromatic carbocycles. The summed E-state index contributed by atoms with van der Waals surface area (Å²) in [6.45, 7) is 5.78. The highest BCUT2D eigenvalue weighted by molar-refractivity contribution is 7.17. The van der Waals surface area contributed by atoms with Gasteiger partial charge in [-0.2, -0.15) is 0 Å². The molecule has 3 aromatic rings. The van der Waals surface area contributed by atoms with E-state index in [1.807, 2.05) is 37.3 Å². The smallest absolute Gasteiger partial charge is 0.212 e. The molecule has 2 heterocycles. The summed E-state index contributed by atoms with van der Waals surface area (Å²) in [4.78, 5) is 22.1. The van der Waals surface area contributed by atoms with Crippen molar-refractivity contribution >= 4 is 45.5 Å². The van der Waals surface area contributed by atoms with Gasteiger partial charge in [0.2, 0.25) is 15.8 Å². The largest absolute Gasteiger partial charge is 0.493 e. The van der Waals surface area contributed by atoms with E-state index in [4.69, 9.17) is 0 Å². The molecular formula is C18H19N5O2S2. The molecule has 0 aliphatic heterocycles. The summed E-state index contributed by atoms with van der Waals surface area (Å²) < 4.78 is 1.68. The van der Waals surface area contributed by atoms with Crippen LogP contribution in [0.1, 0.15) is 34.1 Å². The van der Waals surface area contributed by atoms with Gasteiger partial charge < -0.3 is 5.11 Å². The second-order valence-corrected chi connectivity index (χ2v) is 7.63. The number of hydrogen-bond acceptors (Lipinski definition) is 8. The number of thiazole rings is 2. The summed E-state index contributed by atoms with van der Waals surface area (Å²) >= 11 is 2.57. The fraction of sp³-hybridized carbons (Fsp3) is 0.222. The van der Waals surface area contributed by atoms with Crippen molar-refractivity contribution < 1.29 is 9.90 Å². The molecule has 9 heteroatoms. The van der Waals surface area contributed by atoms with Gasteiger partial charge in [-0.25, -0.2) is 10.4 Å². The summed E-state index contributed by atoms with van der Waals surface area (Å²) in [5, 5.41) is 15.3. The van der Waals surface area contributed by atoms with E-state index in [1.54, 1.807) is 17.7 Å². The van der Waals surface area contributed by atoms with Crippen molar-refractivity contribution in [1.82, 2.24) is 9.55 Å². The van der Waals surface area contributed by atoms with Gasteiger partial charge in [0, 0.05) is 13.5 Å². The number of aliphatic imine (C=N–C) groups is 1. The molecule has 0 fully saturated rings. The van der Waals surface area contributed by atoms with Gasteiger partial charge in [-0.1, -0.05) is 40.9 Å². The quantitative estimate of drug-likeness (QED) is 0.372. The Morgan fingerprint density at radius 3 is 2.70 bits per heavy atom. The lowest BCUT2D eigenvalue weighted by atomic mass is 10.3. The van der Waals surface area contributed by atoms with Crippen molar-refractivity contribution in [2.75, 3.05) is 5.43 Å². The fourth-order valence-corrected chi connectivity index (χ4v) is 4.11. The molecule has 2 aromatic heterocycles. The molecule has 0 saturated heterocycles. The maximum Gasteiger partial charge on any atom is 0.212 e. The molecule has 0 aliphatic rings. The van der Waals surface area contributed by atoms with E-state index in [-0.39, 0.29) is 11.7 Å². The van der Waals surface area contributed by atoms with Crippen LogP contribution in [0.3, 0.4) is 0 Å². The first-order valence-electron chi connectivity index (χ1n) is 8.29. The normalized spacial score (nSPS) is 12.0. The van der Waals surface area contributed by atoms with Crippen LogP contribution in [0.5, 0.6) is 5.88 Å². The molecule has 7 nitrogen and oxygen atoms in total. The average Bonchev–Trinajstić information content (AvgIpc) is 3.18. The van der Waals surface area contributed by atoms with E-state index >= 15 is 0 Å². The molecule has 27 heavy (non-hydrogen) atoms. The minimum atomic E-state index is -0.0187. The van der Waals surface area contributed by atoms with Crippen LogP contribution in [0.4, 0.5) is 10.8 Å². The second-order valence-electron chi connectivity index (χ2n) is 5.62. The number of carbonyl (C=O) groups is 1. The Morgan fingerprint density at radius 2 is 2.07 bits per heavy atom. The highest BCUT2D eigenvalue weighted by Crippen LogP contribution is 2.23. The number of anilines is 1. The van der Waals surface area contributed by atoms with Crippen molar-refractivity contribution in [2.24, 2.45) is 10.1 Å². The molecular weight excluding hydrogens is 382 g/mol. The summed E-state index contributed by atoms with van der Waals surface area (Å²) in [5.74, 6) is 0.0947. The fourth-order valence-electron chi connectivity index (χ4n) is 2.39. The average molecular weight is 402 g/mol. The first-order valence-corrected chi connectivity index (χ1v) is 9.92. The lowest BCUT2D eigenvalue weighted by Gasteiger charge is -1.99. The summed E-state index contributed by atoms with van der Waals surface area (Å²) in [5.41, 5.74) is 4.36. The minimum absolute atomic E-state index is 0.0187. The number of aromatic nitrogens is 2. The molecule has 0 atom stereocenters. The predicted molar refractivity (Wildman–Crippen MR) is 109 cm³/mol. The van der Waals surface area contributed by atoms with Crippen molar-refractivity contribution in [1.29, 1.82) is 0 Å². The van der Waals surface area contributed by atoms with Crippen LogP contribution in [-0.4, -0.2) is 26.7 Å². The van der Waals surface area contributed by atoms with Crippen LogP contribution in [0.25, 0.3) is 0 Å². The van der Waals surface area contributed by atoms with E-state index in [0.717, 1.165) is 5.69 Å². The van der Waals surface area contributed by atoms with Gasteiger partial charge in [0.05, 0.1) is 22.5 Å². The maximum absolute atomic E-state index is 11.6. The lowest BCUT2D eigenvalue weighted by molar-refractivity contribution is 0.102. The van der Waals surface area contributed by atoms with Crippen molar-refractivity contribution in [3.8, 4) is 5.88 Å². The molecule has 2 N–H and O–H groups in total. The first kappa shape index (κ1) is 19.0. The molecule has 140 valence electrons. The molecule has 0 spiro atoms. The monoisotopic (exact) mass is 401 g/mol. The number of rotatable bonds is 6. The van der Waals surface area contributed by atoms with Gasteiger partial charge in [0.1, 0.15) is 4.88 Å². The molecule has 0 saturated carbocycles. The molecule has 0 aliphatic carbocycles. The molecule has 0 radical (unpaired) electrons. The van der Waals surface area contributed by atoms with E-state index in [1.165, 1.54) is 29.6 Å². The predicted octanol–water partition coefficient (Wildman–Crippen LogP) is 3.92. The van der Waals surface area contributed by atoms with Crippen molar-refractivity contribution in [3.63, 3.8) is 0 Å². The van der Waals surface area contributed by atoms with Crippen LogP contribution in [0.15, 0.2) is 40.4 Å². The number of para-hydroxylation sites is 1. The molecule has 0 amide bonds. The second kappa shape index (κ2) is 8.28. The third kappa shape index (κ3) is 4.32. The summed E-state index contributed by atoms with van der Waals surface area (Å²) in [6, 6.07) is 9.51. The maximum atomic E-state index is 11.6. The Bertz CT molecular complexity index is 1050. The zero-order chi connectivity index (χ0) is 19.4. The van der Waals surface area contributed by atoms with Crippen LogP contribution >= 0.6 is 22.7 Å². The number of Topliss-reactive ketones (excluding diaryl/α,β-unsaturated/α-hetero) is 1. The van der Waals surface area contributed by atoms with Crippen molar-refractivity contribution in [3.05, 3.63) is 50.6 Å². The van der Waals surface area contributed by atoms with E-state index < -0.39 is 0 Å². The van der Waals surface area contributed by atoms with Gasteiger partial charge in [0.25, 0.3) is 0 Å². The highest BCUT2D eigenvalue weighted by atomic mass is 32.1. The Labute approximate surface area is 164 Å². The Kier molecular flexibility index (Phi) is 5.82. The van der Waals surface area contributed by atoms with E-state index in [9.17, 15) is 9.90 Å². The zero-order valence-electron chi connectivity index (χ0n) is 15.1. The lowest BCUT2D eigenvalue weighted by Crippen LogP contribution is -2.14. The van der Waals surface area contributed by atoms with Crippen LogP contribution in [0, 0.1) is 6.92 Å². The minimum Gasteiger partial charge on any atom is -0.493 e. The van der Waals surface area contributed by atoms with Crippen LogP contribution in [-0.2, 0) is 6.54 Å². The number of ketones is 1. The van der Waals surface area contributed by atoms with Crippen LogP contribution < -0.4 is 10.2 Å². The number of nitrogens with zero attached hydrogens (tertiary/aromatic N) is 4. The summed E-state index contributed by atoms with van der Waals surface area (Å²) in [6.07, 6.45) is 1.63. The standard InChI is InChI=1S/C18H19N5O2S2/c1-4-23-16(25)14(10-19-13-8-6-5-7-9-13)26-18(23)22-21-17-20-11(2)15(27-17)12(3)24/h5-10,25H,4H2,1-3H3,(H,20,21)/b19-10?,22-18-. The van der Waals surface area contributed by atoms with E-state index in [0.29, 0.717) is 31.9 Å². The van der Waals surface area contributed by atoms with Gasteiger partial charge in [-0.05, 0) is 26.0 Å². The molecule has 0 unspecified atom stereocenters. The van der Waals surface area contributed by atoms with Gasteiger partial charge >= 0.3 is 0 Å².